The zero-order valence-electron chi connectivity index (χ0n) is 5.56. The molecule has 1 heterocycles. The molecule has 0 bridgehead atoms. The van der Waals surface area contributed by atoms with Gasteiger partial charge in [-0.25, -0.2) is 5.32 Å². The van der Waals surface area contributed by atoms with E-state index in [0.29, 0.717) is 0 Å². The molecule has 0 aliphatic carbocycles. The van der Waals surface area contributed by atoms with E-state index in [4.69, 9.17) is 0 Å². The van der Waals surface area contributed by atoms with Crippen molar-refractivity contribution in [3.63, 3.8) is 0 Å². The van der Waals surface area contributed by atoms with Crippen LogP contribution in [0.2, 0.25) is 0 Å². The van der Waals surface area contributed by atoms with E-state index in [2.05, 4.69) is 12.2 Å². The molecule has 0 aromatic carbocycles. The molecule has 0 aromatic heterocycles. The van der Waals surface area contributed by atoms with Gasteiger partial charge in [-0.2, -0.15) is 0 Å². The minimum Gasteiger partial charge on any atom is -0.238 e. The van der Waals surface area contributed by atoms with Gasteiger partial charge in [-0.1, -0.05) is 13.3 Å². The van der Waals surface area contributed by atoms with Crippen LogP contribution >= 0.6 is 0 Å². The molecule has 1 saturated heterocycles. The Bertz CT molecular complexity index is 55.4. The Morgan fingerprint density at radius 3 is 3.00 bits per heavy atom. The molecule has 1 rings (SSSR count). The standard InChI is InChI=1S/C7H14N/c1-2-4-7-5-3-6-8-7/h7H,2-6H2,1H3. The Balaban J connectivity index is 2.06. The van der Waals surface area contributed by atoms with Crippen LogP contribution in [0, 0.1) is 0 Å². The molecule has 1 unspecified atom stereocenters. The SMILES string of the molecule is CCCC1CCC[N]1. The van der Waals surface area contributed by atoms with E-state index in [-0.39, 0.29) is 0 Å². The lowest BCUT2D eigenvalue weighted by molar-refractivity contribution is 0.543. The van der Waals surface area contributed by atoms with Crippen molar-refractivity contribution in [2.45, 2.75) is 38.6 Å². The zero-order chi connectivity index (χ0) is 5.82. The first-order valence-corrected chi connectivity index (χ1v) is 3.60. The maximum atomic E-state index is 4.43. The van der Waals surface area contributed by atoms with Crippen molar-refractivity contribution >= 4 is 0 Å². The predicted molar refractivity (Wildman–Crippen MR) is 34.9 cm³/mol. The summed E-state index contributed by atoms with van der Waals surface area (Å²) in [6.45, 7) is 3.36. The van der Waals surface area contributed by atoms with Gasteiger partial charge in [-0.3, -0.25) is 0 Å². The fourth-order valence-electron chi connectivity index (χ4n) is 1.26. The van der Waals surface area contributed by atoms with E-state index in [1.807, 2.05) is 0 Å². The lowest BCUT2D eigenvalue weighted by Crippen LogP contribution is -2.12. The molecule has 8 heavy (non-hydrogen) atoms. The zero-order valence-corrected chi connectivity index (χ0v) is 5.56. The molecular weight excluding hydrogens is 98.1 g/mol. The van der Waals surface area contributed by atoms with Crippen molar-refractivity contribution in [3.05, 3.63) is 0 Å². The molecule has 47 valence electrons. The van der Waals surface area contributed by atoms with Crippen LogP contribution in [0.5, 0.6) is 0 Å². The first-order chi connectivity index (χ1) is 3.93. The smallest absolute Gasteiger partial charge is 0.0246 e. The normalized spacial score (nSPS) is 28.9. The first-order valence-electron chi connectivity index (χ1n) is 3.60. The summed E-state index contributed by atoms with van der Waals surface area (Å²) in [6, 6.07) is 0.736. The number of nitrogens with zero attached hydrogens (tertiary/aromatic N) is 1. The third-order valence-corrected chi connectivity index (χ3v) is 1.70. The predicted octanol–water partition coefficient (Wildman–Crippen LogP) is 1.55. The molecule has 0 N–H and O–H groups in total. The van der Waals surface area contributed by atoms with E-state index in [0.717, 1.165) is 12.6 Å². The Morgan fingerprint density at radius 2 is 2.50 bits per heavy atom. The Labute approximate surface area is 51.5 Å². The van der Waals surface area contributed by atoms with Crippen molar-refractivity contribution in [3.8, 4) is 0 Å². The highest BCUT2D eigenvalue weighted by atomic mass is 14.9. The van der Waals surface area contributed by atoms with Crippen molar-refractivity contribution in [1.29, 1.82) is 0 Å². The lowest BCUT2D eigenvalue weighted by Gasteiger charge is -2.03. The van der Waals surface area contributed by atoms with Gasteiger partial charge in [0, 0.05) is 12.6 Å². The van der Waals surface area contributed by atoms with Crippen LogP contribution in [-0.2, 0) is 0 Å². The van der Waals surface area contributed by atoms with Gasteiger partial charge >= 0.3 is 0 Å². The Kier molecular flexibility index (Phi) is 2.34. The maximum absolute atomic E-state index is 4.43. The molecule has 1 heteroatoms. The van der Waals surface area contributed by atoms with E-state index in [9.17, 15) is 0 Å². The van der Waals surface area contributed by atoms with Gasteiger partial charge in [-0.15, -0.1) is 0 Å². The number of hydrogen-bond acceptors (Lipinski definition) is 0. The van der Waals surface area contributed by atoms with Crippen LogP contribution in [0.3, 0.4) is 0 Å². The highest BCUT2D eigenvalue weighted by Gasteiger charge is 2.12. The van der Waals surface area contributed by atoms with E-state index in [1.165, 1.54) is 25.7 Å². The van der Waals surface area contributed by atoms with Gasteiger partial charge in [0.1, 0.15) is 0 Å². The average Bonchev–Trinajstić information content (AvgIpc) is 2.19. The van der Waals surface area contributed by atoms with Crippen LogP contribution in [0.4, 0.5) is 0 Å². The topological polar surface area (TPSA) is 14.1 Å². The summed E-state index contributed by atoms with van der Waals surface area (Å²) in [5, 5.41) is 4.43. The summed E-state index contributed by atoms with van der Waals surface area (Å²) >= 11 is 0. The van der Waals surface area contributed by atoms with E-state index >= 15 is 0 Å². The average molecular weight is 112 g/mol. The fraction of sp³-hybridized carbons (Fsp3) is 1.00. The fourth-order valence-corrected chi connectivity index (χ4v) is 1.26. The molecule has 1 aliphatic rings. The van der Waals surface area contributed by atoms with Crippen molar-refractivity contribution in [2.75, 3.05) is 6.54 Å². The van der Waals surface area contributed by atoms with Crippen molar-refractivity contribution in [1.82, 2.24) is 5.32 Å². The molecule has 0 aromatic rings. The van der Waals surface area contributed by atoms with Gasteiger partial charge < -0.3 is 0 Å². The van der Waals surface area contributed by atoms with Crippen LogP contribution in [-0.4, -0.2) is 12.6 Å². The second kappa shape index (κ2) is 3.08. The van der Waals surface area contributed by atoms with Gasteiger partial charge in [0.05, 0.1) is 0 Å². The van der Waals surface area contributed by atoms with Gasteiger partial charge in [0.25, 0.3) is 0 Å². The molecule has 0 saturated carbocycles. The second-order valence-corrected chi connectivity index (χ2v) is 2.49. The van der Waals surface area contributed by atoms with Crippen molar-refractivity contribution < 1.29 is 0 Å². The van der Waals surface area contributed by atoms with E-state index < -0.39 is 0 Å². The minimum absolute atomic E-state index is 0.736. The summed E-state index contributed by atoms with van der Waals surface area (Å²) in [5.74, 6) is 0. The third-order valence-electron chi connectivity index (χ3n) is 1.70. The highest BCUT2D eigenvalue weighted by molar-refractivity contribution is 4.72. The summed E-state index contributed by atoms with van der Waals surface area (Å²) in [4.78, 5) is 0. The molecule has 1 radical (unpaired) electrons. The van der Waals surface area contributed by atoms with E-state index in [1.54, 1.807) is 0 Å². The summed E-state index contributed by atoms with van der Waals surface area (Å²) in [5.41, 5.74) is 0. The van der Waals surface area contributed by atoms with Crippen LogP contribution in [0.1, 0.15) is 32.6 Å². The molecule has 1 aliphatic heterocycles. The molecule has 0 spiro atoms. The Hall–Kier alpha value is -0.0400. The highest BCUT2D eigenvalue weighted by Crippen LogP contribution is 2.11. The quantitative estimate of drug-likeness (QED) is 0.514. The minimum atomic E-state index is 0.736. The summed E-state index contributed by atoms with van der Waals surface area (Å²) in [6.07, 6.45) is 5.31. The summed E-state index contributed by atoms with van der Waals surface area (Å²) < 4.78 is 0. The molecule has 1 nitrogen and oxygen atoms in total. The monoisotopic (exact) mass is 112 g/mol. The van der Waals surface area contributed by atoms with Gasteiger partial charge in [0.15, 0.2) is 0 Å². The number of rotatable bonds is 2. The van der Waals surface area contributed by atoms with Crippen LogP contribution in [0.25, 0.3) is 0 Å². The number of hydrogen-bond donors (Lipinski definition) is 0. The molecule has 0 amide bonds. The third kappa shape index (κ3) is 1.48. The molecule has 1 fully saturated rings. The first kappa shape index (κ1) is 6.09. The Morgan fingerprint density at radius 1 is 1.62 bits per heavy atom. The van der Waals surface area contributed by atoms with Gasteiger partial charge in [0.2, 0.25) is 0 Å². The second-order valence-electron chi connectivity index (χ2n) is 2.49. The maximum Gasteiger partial charge on any atom is 0.0246 e. The molecule has 1 atom stereocenters. The largest absolute Gasteiger partial charge is 0.238 e. The summed E-state index contributed by atoms with van der Waals surface area (Å²) in [7, 11) is 0. The lowest BCUT2D eigenvalue weighted by atomic mass is 10.1. The van der Waals surface area contributed by atoms with Gasteiger partial charge in [-0.05, 0) is 19.3 Å². The van der Waals surface area contributed by atoms with Crippen molar-refractivity contribution in [2.24, 2.45) is 0 Å². The van der Waals surface area contributed by atoms with Crippen LogP contribution < -0.4 is 5.32 Å². The molecular formula is C7H14N. The van der Waals surface area contributed by atoms with Crippen LogP contribution in [0.15, 0.2) is 0 Å².